The first kappa shape index (κ1) is 39.0. The average molecular weight is 723 g/mol. The monoisotopic (exact) mass is 722 g/mol. The Morgan fingerprint density at radius 1 is 0.558 bits per heavy atom. The van der Waals surface area contributed by atoms with Gasteiger partial charge in [-0.25, -0.2) is 0 Å². The summed E-state index contributed by atoms with van der Waals surface area (Å²) in [5, 5.41) is 0. The van der Waals surface area contributed by atoms with Crippen molar-refractivity contribution in [3.8, 4) is 0 Å². The number of esters is 3. The molecule has 0 N–H and O–H groups in total. The van der Waals surface area contributed by atoms with Gasteiger partial charge in [0.05, 0.1) is 33.0 Å². The van der Waals surface area contributed by atoms with Crippen LogP contribution in [-0.2, 0) is 81.6 Å². The van der Waals surface area contributed by atoms with Crippen molar-refractivity contribution in [3.05, 3.63) is 108 Å². The second-order valence-corrected chi connectivity index (χ2v) is 12.4. The van der Waals surface area contributed by atoms with Crippen LogP contribution in [0.1, 0.15) is 37.5 Å². The molecule has 0 aliphatic carbocycles. The number of carbonyl (C=O) groups excluding carboxylic acids is 3. The van der Waals surface area contributed by atoms with Gasteiger partial charge in [-0.2, -0.15) is 0 Å². The first-order valence-corrected chi connectivity index (χ1v) is 17.1. The molecular formula is C39H46O13. The highest BCUT2D eigenvalue weighted by molar-refractivity contribution is 5.68. The zero-order valence-electron chi connectivity index (χ0n) is 29.7. The van der Waals surface area contributed by atoms with Crippen LogP contribution in [0.25, 0.3) is 0 Å². The topological polar surface area (TPSA) is 144 Å². The van der Waals surface area contributed by atoms with Crippen LogP contribution >= 0.6 is 0 Å². The molecule has 9 atom stereocenters. The van der Waals surface area contributed by atoms with Crippen molar-refractivity contribution in [2.75, 3.05) is 20.3 Å². The minimum atomic E-state index is -1.28. The molecule has 2 saturated heterocycles. The van der Waals surface area contributed by atoms with Gasteiger partial charge in [0.15, 0.2) is 30.9 Å². The van der Waals surface area contributed by atoms with Crippen molar-refractivity contribution in [1.29, 1.82) is 0 Å². The third-order valence-corrected chi connectivity index (χ3v) is 8.41. The summed E-state index contributed by atoms with van der Waals surface area (Å²) in [5.41, 5.74) is 2.82. The minimum absolute atomic E-state index is 0.163. The summed E-state index contributed by atoms with van der Waals surface area (Å²) < 4.78 is 60.6. The normalized spacial score (nSPS) is 27.3. The molecule has 5 rings (SSSR count). The SMILES string of the molecule is CO[C@H]1O[C@H](CO[C@H]2OC[C@H](OC(C)=O)[C@H](OC(C)=O)[C@H]2OC(C)=O)[C@@H](OCc2ccccc2)[C@H](OCc2ccccc2)[C@H]1OCc1ccccc1. The molecule has 3 aromatic rings. The molecule has 2 heterocycles. The molecule has 0 radical (unpaired) electrons. The Bertz CT molecular complexity index is 1540. The zero-order valence-corrected chi connectivity index (χ0v) is 29.7. The number of rotatable bonds is 16. The van der Waals surface area contributed by atoms with Crippen molar-refractivity contribution < 1.29 is 61.8 Å². The molecule has 2 aliphatic rings. The largest absolute Gasteiger partial charge is 0.456 e. The number of carbonyl (C=O) groups is 3. The van der Waals surface area contributed by atoms with Gasteiger partial charge in [-0.1, -0.05) is 91.0 Å². The standard InChI is InChI=1S/C39H46O13/c1-25(40)49-32-24-48-39(37(51-27(3)42)34(32)50-26(2)41)47-23-31-33(44-20-28-14-8-5-9-15-28)35(45-21-29-16-10-6-11-17-29)36(38(43-4)52-31)46-22-30-18-12-7-13-19-30/h5-19,31-39H,20-24H2,1-4H3/t31-,32+,33-,34+,35+,36-,37-,38+,39+/m1/s1. The highest BCUT2D eigenvalue weighted by Crippen LogP contribution is 2.32. The van der Waals surface area contributed by atoms with E-state index in [4.69, 9.17) is 47.4 Å². The Kier molecular flexibility index (Phi) is 14.7. The van der Waals surface area contributed by atoms with Crippen molar-refractivity contribution in [3.63, 3.8) is 0 Å². The molecule has 3 aromatic carbocycles. The maximum atomic E-state index is 12.2. The minimum Gasteiger partial charge on any atom is -0.456 e. The van der Waals surface area contributed by atoms with Crippen molar-refractivity contribution in [2.24, 2.45) is 0 Å². The fourth-order valence-corrected chi connectivity index (χ4v) is 6.11. The Morgan fingerprint density at radius 2 is 1.02 bits per heavy atom. The van der Waals surface area contributed by atoms with Gasteiger partial charge in [-0.15, -0.1) is 0 Å². The van der Waals surface area contributed by atoms with Gasteiger partial charge in [0.25, 0.3) is 0 Å². The van der Waals surface area contributed by atoms with Crippen LogP contribution in [0, 0.1) is 0 Å². The first-order chi connectivity index (χ1) is 25.2. The van der Waals surface area contributed by atoms with Crippen LogP contribution in [0.2, 0.25) is 0 Å². The third kappa shape index (κ3) is 11.1. The number of ether oxygens (including phenoxy) is 10. The van der Waals surface area contributed by atoms with Crippen LogP contribution in [0.4, 0.5) is 0 Å². The summed E-state index contributed by atoms with van der Waals surface area (Å²) in [4.78, 5) is 36.2. The number of hydrogen-bond acceptors (Lipinski definition) is 13. The van der Waals surface area contributed by atoms with Gasteiger partial charge in [-0.3, -0.25) is 14.4 Å². The van der Waals surface area contributed by atoms with E-state index in [1.54, 1.807) is 0 Å². The number of benzene rings is 3. The molecule has 0 unspecified atom stereocenters. The third-order valence-electron chi connectivity index (χ3n) is 8.41. The number of hydrogen-bond donors (Lipinski definition) is 0. The summed E-state index contributed by atoms with van der Waals surface area (Å²) in [5.74, 6) is -1.99. The second-order valence-electron chi connectivity index (χ2n) is 12.4. The lowest BCUT2D eigenvalue weighted by Crippen LogP contribution is -2.62. The van der Waals surface area contributed by atoms with E-state index in [0.717, 1.165) is 16.7 Å². The van der Waals surface area contributed by atoms with E-state index in [0.29, 0.717) is 0 Å². The maximum absolute atomic E-state index is 12.2. The quantitative estimate of drug-likeness (QED) is 0.153. The Balaban J connectivity index is 1.43. The molecule has 0 spiro atoms. The van der Waals surface area contributed by atoms with Gasteiger partial charge in [0.2, 0.25) is 0 Å². The molecule has 0 saturated carbocycles. The molecular weight excluding hydrogens is 676 g/mol. The molecule has 0 bridgehead atoms. The van der Waals surface area contributed by atoms with Crippen molar-refractivity contribution >= 4 is 17.9 Å². The Morgan fingerprint density at radius 3 is 1.50 bits per heavy atom. The van der Waals surface area contributed by atoms with E-state index < -0.39 is 73.2 Å². The fraction of sp³-hybridized carbons (Fsp3) is 0.462. The van der Waals surface area contributed by atoms with Crippen molar-refractivity contribution in [1.82, 2.24) is 0 Å². The summed E-state index contributed by atoms with van der Waals surface area (Å²) >= 11 is 0. The van der Waals surface area contributed by atoms with E-state index in [-0.39, 0.29) is 33.0 Å². The molecule has 0 aromatic heterocycles. The van der Waals surface area contributed by atoms with E-state index in [1.807, 2.05) is 91.0 Å². The molecule has 280 valence electrons. The zero-order chi connectivity index (χ0) is 36.9. The van der Waals surface area contributed by atoms with E-state index in [2.05, 4.69) is 0 Å². The van der Waals surface area contributed by atoms with Gasteiger partial charge >= 0.3 is 17.9 Å². The predicted octanol–water partition coefficient (Wildman–Crippen LogP) is 4.28. The summed E-state index contributed by atoms with van der Waals surface area (Å²) in [6, 6.07) is 29.1. The van der Waals surface area contributed by atoms with Crippen LogP contribution in [0.15, 0.2) is 91.0 Å². The second kappa shape index (κ2) is 19.6. The molecule has 13 heteroatoms. The summed E-state index contributed by atoms with van der Waals surface area (Å²) in [7, 11) is 1.51. The lowest BCUT2D eigenvalue weighted by molar-refractivity contribution is -0.335. The number of methoxy groups -OCH3 is 1. The van der Waals surface area contributed by atoms with Crippen LogP contribution < -0.4 is 0 Å². The average Bonchev–Trinajstić information content (AvgIpc) is 3.14. The molecule has 2 aliphatic heterocycles. The van der Waals surface area contributed by atoms with E-state index >= 15 is 0 Å². The summed E-state index contributed by atoms with van der Waals surface area (Å²) in [6.07, 6.45) is -8.74. The Hall–Kier alpha value is -4.21. The van der Waals surface area contributed by atoms with Gasteiger partial charge in [0.1, 0.15) is 24.4 Å². The van der Waals surface area contributed by atoms with E-state index in [1.165, 1.54) is 27.9 Å². The highest BCUT2D eigenvalue weighted by atomic mass is 16.7. The van der Waals surface area contributed by atoms with Gasteiger partial charge in [0, 0.05) is 27.9 Å². The lowest BCUT2D eigenvalue weighted by atomic mass is 9.97. The van der Waals surface area contributed by atoms with Crippen LogP contribution in [-0.4, -0.2) is 93.5 Å². The predicted molar refractivity (Wildman–Crippen MR) is 183 cm³/mol. The fourth-order valence-electron chi connectivity index (χ4n) is 6.11. The Labute approximate surface area is 303 Å². The first-order valence-electron chi connectivity index (χ1n) is 17.1. The molecule has 2 fully saturated rings. The molecule has 13 nitrogen and oxygen atoms in total. The van der Waals surface area contributed by atoms with Gasteiger partial charge in [-0.05, 0) is 16.7 Å². The lowest BCUT2D eigenvalue weighted by Gasteiger charge is -2.46. The van der Waals surface area contributed by atoms with E-state index in [9.17, 15) is 14.4 Å². The molecule has 0 amide bonds. The molecule has 52 heavy (non-hydrogen) atoms. The highest BCUT2D eigenvalue weighted by Gasteiger charge is 2.51. The van der Waals surface area contributed by atoms with Gasteiger partial charge < -0.3 is 47.4 Å². The maximum Gasteiger partial charge on any atom is 0.303 e. The van der Waals surface area contributed by atoms with Crippen LogP contribution in [0.3, 0.4) is 0 Å². The van der Waals surface area contributed by atoms with Crippen LogP contribution in [0.5, 0.6) is 0 Å². The smallest absolute Gasteiger partial charge is 0.303 e. The van der Waals surface area contributed by atoms with Crippen molar-refractivity contribution in [2.45, 2.75) is 95.9 Å². The summed E-state index contributed by atoms with van der Waals surface area (Å²) in [6.45, 7) is 3.96.